The first-order chi connectivity index (χ1) is 17.2. The second-order valence-electron chi connectivity index (χ2n) is 8.83. The summed E-state index contributed by atoms with van der Waals surface area (Å²) in [6.07, 6.45) is 0.299. The number of thiazole rings is 1. The molecule has 1 aliphatic heterocycles. The minimum absolute atomic E-state index is 0.00110. The van der Waals surface area contributed by atoms with Gasteiger partial charge >= 0.3 is 0 Å². The molecule has 5 nitrogen and oxygen atoms in total. The van der Waals surface area contributed by atoms with Gasteiger partial charge in [0.15, 0.2) is 0 Å². The second-order valence-corrected chi connectivity index (χ2v) is 9.69. The maximum Gasteiger partial charge on any atom is 0.226 e. The molecule has 0 radical (unpaired) electrons. The van der Waals surface area contributed by atoms with Crippen LogP contribution in [0, 0.1) is 0 Å². The summed E-state index contributed by atoms with van der Waals surface area (Å²) in [5.74, 6) is 0.00110. The molecule has 0 aliphatic carbocycles. The van der Waals surface area contributed by atoms with Gasteiger partial charge in [0, 0.05) is 55.9 Å². The number of hydrogen-bond donors (Lipinski definition) is 1. The Labute approximate surface area is 211 Å². The second kappa shape index (κ2) is 11.3. The van der Waals surface area contributed by atoms with E-state index in [2.05, 4.69) is 68.6 Å². The molecule has 35 heavy (non-hydrogen) atoms. The predicted molar refractivity (Wildman–Crippen MR) is 143 cm³/mol. The minimum atomic E-state index is 0.00110. The summed E-state index contributed by atoms with van der Waals surface area (Å²) in [6, 6.07) is 29.1. The van der Waals surface area contributed by atoms with Crippen LogP contribution in [0.3, 0.4) is 0 Å². The monoisotopic (exact) mass is 482 g/mol. The van der Waals surface area contributed by atoms with Gasteiger partial charge in [-0.3, -0.25) is 9.69 Å². The number of anilines is 1. The van der Waals surface area contributed by atoms with Gasteiger partial charge in [-0.15, -0.1) is 11.3 Å². The molecular weight excluding hydrogens is 452 g/mol. The van der Waals surface area contributed by atoms with Gasteiger partial charge in [0.2, 0.25) is 5.91 Å². The van der Waals surface area contributed by atoms with E-state index in [0.29, 0.717) is 13.0 Å². The molecule has 0 bridgehead atoms. The molecule has 1 N–H and O–H groups in total. The Kier molecular flexibility index (Phi) is 7.51. The molecule has 5 rings (SSSR count). The van der Waals surface area contributed by atoms with E-state index in [-0.39, 0.29) is 5.91 Å². The van der Waals surface area contributed by atoms with Gasteiger partial charge in [0.25, 0.3) is 0 Å². The summed E-state index contributed by atoms with van der Waals surface area (Å²) >= 11 is 1.58. The van der Waals surface area contributed by atoms with Crippen LogP contribution in [0.1, 0.15) is 16.8 Å². The first-order valence-corrected chi connectivity index (χ1v) is 13.0. The van der Waals surface area contributed by atoms with Crippen LogP contribution in [0.5, 0.6) is 0 Å². The van der Waals surface area contributed by atoms with Crippen molar-refractivity contribution in [3.63, 3.8) is 0 Å². The number of carbonyl (C=O) groups excluding carboxylic acids is 1. The van der Waals surface area contributed by atoms with Crippen molar-refractivity contribution in [2.45, 2.75) is 19.5 Å². The van der Waals surface area contributed by atoms with Crippen LogP contribution < -0.4 is 10.2 Å². The number of para-hydroxylation sites is 1. The van der Waals surface area contributed by atoms with Crippen LogP contribution >= 0.6 is 11.3 Å². The minimum Gasteiger partial charge on any atom is -0.369 e. The summed E-state index contributed by atoms with van der Waals surface area (Å²) in [6.45, 7) is 5.56. The third kappa shape index (κ3) is 6.15. The highest BCUT2D eigenvalue weighted by molar-refractivity contribution is 7.13. The van der Waals surface area contributed by atoms with Crippen molar-refractivity contribution >= 4 is 22.9 Å². The van der Waals surface area contributed by atoms with Gasteiger partial charge in [0.1, 0.15) is 5.01 Å². The Morgan fingerprint density at radius 3 is 2.23 bits per heavy atom. The number of aromatic nitrogens is 1. The lowest BCUT2D eigenvalue weighted by molar-refractivity contribution is -0.120. The molecule has 1 fully saturated rings. The number of nitrogens with one attached hydrogen (secondary N) is 1. The van der Waals surface area contributed by atoms with E-state index in [9.17, 15) is 4.79 Å². The van der Waals surface area contributed by atoms with Crippen LogP contribution in [0.25, 0.3) is 10.6 Å². The van der Waals surface area contributed by atoms with Crippen molar-refractivity contribution in [2.75, 3.05) is 31.1 Å². The van der Waals surface area contributed by atoms with Gasteiger partial charge in [-0.05, 0) is 23.3 Å². The van der Waals surface area contributed by atoms with Gasteiger partial charge in [0.05, 0.1) is 12.1 Å². The maximum atomic E-state index is 12.6. The maximum absolute atomic E-state index is 12.6. The molecule has 0 spiro atoms. The van der Waals surface area contributed by atoms with Crippen molar-refractivity contribution in [1.29, 1.82) is 0 Å². The van der Waals surface area contributed by atoms with E-state index < -0.39 is 0 Å². The molecule has 2 heterocycles. The van der Waals surface area contributed by atoms with Crippen molar-refractivity contribution in [1.82, 2.24) is 15.2 Å². The van der Waals surface area contributed by atoms with Crippen LogP contribution in [0.2, 0.25) is 0 Å². The van der Waals surface area contributed by atoms with Crippen molar-refractivity contribution in [3.8, 4) is 10.6 Å². The quantitative estimate of drug-likeness (QED) is 0.384. The lowest BCUT2D eigenvalue weighted by atomic mass is 10.1. The molecule has 0 atom stereocenters. The first kappa shape index (κ1) is 23.3. The van der Waals surface area contributed by atoms with Crippen LogP contribution in [0.4, 0.5) is 5.69 Å². The van der Waals surface area contributed by atoms with Gasteiger partial charge < -0.3 is 10.2 Å². The molecular formula is C29H30N4OS. The van der Waals surface area contributed by atoms with Gasteiger partial charge in [-0.25, -0.2) is 4.98 Å². The average Bonchev–Trinajstić information content (AvgIpc) is 3.38. The average molecular weight is 483 g/mol. The number of rotatable bonds is 8. The summed E-state index contributed by atoms with van der Waals surface area (Å²) in [5, 5.41) is 6.03. The molecule has 4 aromatic rings. The molecule has 1 amide bonds. The molecule has 178 valence electrons. The number of nitrogens with zero attached hydrogens (tertiary/aromatic N) is 3. The molecule has 1 aromatic heterocycles. The molecule has 0 saturated carbocycles. The molecule has 6 heteroatoms. The zero-order chi connectivity index (χ0) is 23.9. The standard InChI is InChI=1S/C29H30N4OS/c34-28(19-26-22-35-29(31-26)23-9-3-1-4-10-23)30-20-24-11-7-8-12-25(24)21-32-15-17-33(18-16-32)27-13-5-2-6-14-27/h1-14,22H,15-21H2,(H,30,34). The fourth-order valence-electron chi connectivity index (χ4n) is 4.45. The van der Waals surface area contributed by atoms with Gasteiger partial charge in [-0.2, -0.15) is 0 Å². The van der Waals surface area contributed by atoms with E-state index in [1.807, 2.05) is 41.8 Å². The number of hydrogen-bond acceptors (Lipinski definition) is 5. The zero-order valence-corrected chi connectivity index (χ0v) is 20.6. The van der Waals surface area contributed by atoms with Crippen molar-refractivity contribution in [2.24, 2.45) is 0 Å². The number of amides is 1. The molecule has 3 aromatic carbocycles. The third-order valence-corrected chi connectivity index (χ3v) is 7.34. The summed E-state index contributed by atoms with van der Waals surface area (Å²) in [4.78, 5) is 22.2. The van der Waals surface area contributed by atoms with Crippen LogP contribution in [-0.2, 0) is 24.3 Å². The van der Waals surface area contributed by atoms with E-state index >= 15 is 0 Å². The van der Waals surface area contributed by atoms with E-state index in [1.165, 1.54) is 16.8 Å². The number of benzene rings is 3. The molecule has 1 aliphatic rings. The van der Waals surface area contributed by atoms with E-state index in [0.717, 1.165) is 49.0 Å². The first-order valence-electron chi connectivity index (χ1n) is 12.1. The van der Waals surface area contributed by atoms with Crippen LogP contribution in [0.15, 0.2) is 90.3 Å². The Balaban J connectivity index is 1.13. The Morgan fingerprint density at radius 2 is 1.49 bits per heavy atom. The zero-order valence-electron chi connectivity index (χ0n) is 19.8. The number of piperazine rings is 1. The Hall–Kier alpha value is -3.48. The summed E-state index contributed by atoms with van der Waals surface area (Å²) < 4.78 is 0. The Bertz CT molecular complexity index is 1230. The smallest absolute Gasteiger partial charge is 0.226 e. The largest absolute Gasteiger partial charge is 0.369 e. The van der Waals surface area contributed by atoms with E-state index in [4.69, 9.17) is 0 Å². The number of carbonyl (C=O) groups is 1. The highest BCUT2D eigenvalue weighted by atomic mass is 32.1. The molecule has 0 unspecified atom stereocenters. The third-order valence-electron chi connectivity index (χ3n) is 6.40. The topological polar surface area (TPSA) is 48.5 Å². The summed E-state index contributed by atoms with van der Waals surface area (Å²) in [7, 11) is 0. The fourth-order valence-corrected chi connectivity index (χ4v) is 5.28. The van der Waals surface area contributed by atoms with Crippen molar-refractivity contribution < 1.29 is 4.79 Å². The fraction of sp³-hybridized carbons (Fsp3) is 0.241. The lowest BCUT2D eigenvalue weighted by Gasteiger charge is -2.36. The van der Waals surface area contributed by atoms with E-state index in [1.54, 1.807) is 11.3 Å². The highest BCUT2D eigenvalue weighted by Crippen LogP contribution is 2.23. The van der Waals surface area contributed by atoms with Gasteiger partial charge in [-0.1, -0.05) is 72.8 Å². The van der Waals surface area contributed by atoms with Crippen molar-refractivity contribution in [3.05, 3.63) is 107 Å². The Morgan fingerprint density at radius 1 is 0.829 bits per heavy atom. The normalized spacial score (nSPS) is 14.1. The highest BCUT2D eigenvalue weighted by Gasteiger charge is 2.18. The SMILES string of the molecule is O=C(Cc1csc(-c2ccccc2)n1)NCc1ccccc1CN1CCN(c2ccccc2)CC1. The lowest BCUT2D eigenvalue weighted by Crippen LogP contribution is -2.46. The van der Waals surface area contributed by atoms with Crippen LogP contribution in [-0.4, -0.2) is 42.0 Å². The predicted octanol–water partition coefficient (Wildman–Crippen LogP) is 4.99. The summed E-state index contributed by atoms with van der Waals surface area (Å²) in [5.41, 5.74) is 5.65. The molecule has 1 saturated heterocycles.